The topological polar surface area (TPSA) is 86.5 Å². The second kappa shape index (κ2) is 6.97. The molecule has 1 aliphatic heterocycles. The smallest absolute Gasteiger partial charge is 0.322 e. The van der Waals surface area contributed by atoms with Crippen LogP contribution in [0.5, 0.6) is 11.5 Å². The molecule has 1 amide bonds. The Balaban J connectivity index is 1.46. The maximum Gasteiger partial charge on any atom is 0.322 e. The maximum atomic E-state index is 12.3. The number of fused-ring (bicyclic) bond motifs is 1. The number of aromatic nitrogens is 2. The van der Waals surface area contributed by atoms with E-state index in [1.54, 1.807) is 18.2 Å². The van der Waals surface area contributed by atoms with E-state index >= 15 is 0 Å². The first-order chi connectivity index (χ1) is 12.6. The molecule has 0 bridgehead atoms. The molecule has 4 rings (SSSR count). The van der Waals surface area contributed by atoms with E-state index in [9.17, 15) is 4.79 Å². The summed E-state index contributed by atoms with van der Waals surface area (Å²) in [7, 11) is 0. The van der Waals surface area contributed by atoms with E-state index < -0.39 is 5.91 Å². The van der Waals surface area contributed by atoms with Gasteiger partial charge in [-0.05, 0) is 35.9 Å². The van der Waals surface area contributed by atoms with Gasteiger partial charge < -0.3 is 13.9 Å². The summed E-state index contributed by atoms with van der Waals surface area (Å²) in [5, 5.41) is 10.7. The van der Waals surface area contributed by atoms with Gasteiger partial charge in [-0.3, -0.25) is 10.1 Å². The molecule has 1 aliphatic rings. The highest BCUT2D eigenvalue weighted by Crippen LogP contribution is 2.33. The van der Waals surface area contributed by atoms with Gasteiger partial charge in [0.1, 0.15) is 0 Å². The molecule has 9 heteroatoms. The summed E-state index contributed by atoms with van der Waals surface area (Å²) in [6.45, 7) is 0.216. The summed E-state index contributed by atoms with van der Waals surface area (Å²) in [5.74, 6) is 1.31. The van der Waals surface area contributed by atoms with Crippen LogP contribution in [0.2, 0.25) is 5.02 Å². The highest BCUT2D eigenvalue weighted by Gasteiger charge is 2.17. The van der Waals surface area contributed by atoms with E-state index in [0.717, 1.165) is 10.0 Å². The lowest BCUT2D eigenvalue weighted by molar-refractivity contribution is 0.102. The van der Waals surface area contributed by atoms with Crippen molar-refractivity contribution >= 4 is 39.5 Å². The second-order valence-corrected chi connectivity index (χ2v) is 6.77. The van der Waals surface area contributed by atoms with Gasteiger partial charge in [-0.15, -0.1) is 5.10 Å². The Morgan fingerprint density at radius 3 is 2.88 bits per heavy atom. The van der Waals surface area contributed by atoms with Crippen molar-refractivity contribution in [1.82, 2.24) is 10.2 Å². The van der Waals surface area contributed by atoms with Crippen molar-refractivity contribution in [2.45, 2.75) is 6.42 Å². The minimum Gasteiger partial charge on any atom is -0.454 e. The molecular weight excluding hydrogens is 426 g/mol. The summed E-state index contributed by atoms with van der Waals surface area (Å²) < 4.78 is 16.8. The number of hydrogen-bond donors (Lipinski definition) is 1. The van der Waals surface area contributed by atoms with Crippen molar-refractivity contribution in [2.24, 2.45) is 0 Å². The summed E-state index contributed by atoms with van der Waals surface area (Å²) in [6.07, 6.45) is 0.400. The first-order valence-electron chi connectivity index (χ1n) is 7.56. The third kappa shape index (κ3) is 3.51. The van der Waals surface area contributed by atoms with Crippen molar-refractivity contribution in [3.63, 3.8) is 0 Å². The minimum atomic E-state index is -0.436. The molecule has 0 saturated heterocycles. The number of hydrogen-bond acceptors (Lipinski definition) is 6. The number of anilines is 1. The Labute approximate surface area is 161 Å². The first kappa shape index (κ1) is 16.9. The van der Waals surface area contributed by atoms with Crippen LogP contribution in [-0.4, -0.2) is 22.9 Å². The quantitative estimate of drug-likeness (QED) is 0.664. The van der Waals surface area contributed by atoms with Crippen LogP contribution in [0.25, 0.3) is 0 Å². The van der Waals surface area contributed by atoms with E-state index in [-0.39, 0.29) is 12.8 Å². The van der Waals surface area contributed by atoms with Crippen LogP contribution < -0.4 is 14.8 Å². The van der Waals surface area contributed by atoms with Crippen LogP contribution in [0.1, 0.15) is 21.8 Å². The fourth-order valence-corrected chi connectivity index (χ4v) is 3.00. The molecule has 0 radical (unpaired) electrons. The number of benzene rings is 2. The fourth-order valence-electron chi connectivity index (χ4n) is 2.44. The summed E-state index contributed by atoms with van der Waals surface area (Å²) in [6, 6.07) is 10.5. The molecular formula is C17H11BrClN3O4. The molecule has 1 aromatic heterocycles. The van der Waals surface area contributed by atoms with Crippen LogP contribution in [0.3, 0.4) is 0 Å². The SMILES string of the molecule is O=C(Nc1nnc(Cc2ccc3c(c2)OCO3)o1)c1cc(Br)ccc1Cl. The fraction of sp³-hybridized carbons (Fsp3) is 0.118. The number of carbonyl (C=O) groups excluding carboxylic acids is 1. The number of ether oxygens (including phenoxy) is 2. The number of carbonyl (C=O) groups is 1. The molecule has 0 saturated carbocycles. The number of nitrogens with one attached hydrogen (secondary N) is 1. The van der Waals surface area contributed by atoms with Gasteiger partial charge in [-0.2, -0.15) is 0 Å². The standard InChI is InChI=1S/C17H11BrClN3O4/c18-10-2-3-12(19)11(7-10)16(23)20-17-22-21-15(26-17)6-9-1-4-13-14(5-9)25-8-24-13/h1-5,7H,6,8H2,(H,20,22,23). The molecule has 0 unspecified atom stereocenters. The minimum absolute atomic E-state index is 0.00165. The monoisotopic (exact) mass is 435 g/mol. The van der Waals surface area contributed by atoms with E-state index in [0.29, 0.717) is 34.4 Å². The van der Waals surface area contributed by atoms with E-state index in [1.807, 2.05) is 18.2 Å². The zero-order valence-electron chi connectivity index (χ0n) is 13.2. The number of amides is 1. The Morgan fingerprint density at radius 2 is 2.00 bits per heavy atom. The zero-order chi connectivity index (χ0) is 18.1. The number of halogens is 2. The Bertz CT molecular complexity index is 992. The van der Waals surface area contributed by atoms with Crippen molar-refractivity contribution in [2.75, 3.05) is 12.1 Å². The van der Waals surface area contributed by atoms with Gasteiger partial charge in [0, 0.05) is 4.47 Å². The first-order valence-corrected chi connectivity index (χ1v) is 8.73. The molecule has 7 nitrogen and oxygen atoms in total. The van der Waals surface area contributed by atoms with Crippen molar-refractivity contribution in [3.8, 4) is 11.5 Å². The van der Waals surface area contributed by atoms with Crippen molar-refractivity contribution in [3.05, 3.63) is 62.9 Å². The number of rotatable bonds is 4. The lowest BCUT2D eigenvalue weighted by Crippen LogP contribution is -2.12. The summed E-state index contributed by atoms with van der Waals surface area (Å²) in [4.78, 5) is 12.3. The molecule has 3 aromatic rings. The van der Waals surface area contributed by atoms with Gasteiger partial charge in [0.25, 0.3) is 5.91 Å². The molecule has 0 aliphatic carbocycles. The second-order valence-electron chi connectivity index (χ2n) is 5.44. The predicted molar refractivity (Wildman–Crippen MR) is 96.8 cm³/mol. The number of nitrogens with zero attached hydrogens (tertiary/aromatic N) is 2. The van der Waals surface area contributed by atoms with Crippen LogP contribution in [-0.2, 0) is 6.42 Å². The Morgan fingerprint density at radius 1 is 1.15 bits per heavy atom. The average molecular weight is 437 g/mol. The molecule has 0 spiro atoms. The zero-order valence-corrected chi connectivity index (χ0v) is 15.5. The third-order valence-electron chi connectivity index (χ3n) is 3.65. The highest BCUT2D eigenvalue weighted by atomic mass is 79.9. The molecule has 2 aromatic carbocycles. The summed E-state index contributed by atoms with van der Waals surface area (Å²) in [5.41, 5.74) is 1.22. The Hall–Kier alpha value is -2.58. The molecule has 26 heavy (non-hydrogen) atoms. The summed E-state index contributed by atoms with van der Waals surface area (Å²) >= 11 is 9.35. The van der Waals surface area contributed by atoms with E-state index in [4.69, 9.17) is 25.5 Å². The van der Waals surface area contributed by atoms with E-state index in [1.165, 1.54) is 0 Å². The van der Waals surface area contributed by atoms with Crippen LogP contribution >= 0.6 is 27.5 Å². The molecule has 1 N–H and O–H groups in total. The lowest BCUT2D eigenvalue weighted by atomic mass is 10.1. The van der Waals surface area contributed by atoms with Crippen molar-refractivity contribution in [1.29, 1.82) is 0 Å². The predicted octanol–water partition coefficient (Wildman–Crippen LogP) is 4.06. The molecule has 0 atom stereocenters. The van der Waals surface area contributed by atoms with Gasteiger partial charge in [-0.1, -0.05) is 38.7 Å². The molecule has 132 valence electrons. The maximum absolute atomic E-state index is 12.3. The van der Waals surface area contributed by atoms with E-state index in [2.05, 4.69) is 31.4 Å². The average Bonchev–Trinajstić information content (AvgIpc) is 3.26. The largest absolute Gasteiger partial charge is 0.454 e. The van der Waals surface area contributed by atoms with Crippen LogP contribution in [0.15, 0.2) is 45.3 Å². The van der Waals surface area contributed by atoms with Gasteiger partial charge in [0.15, 0.2) is 11.5 Å². The third-order valence-corrected chi connectivity index (χ3v) is 4.48. The van der Waals surface area contributed by atoms with Crippen LogP contribution in [0.4, 0.5) is 6.01 Å². The highest BCUT2D eigenvalue weighted by molar-refractivity contribution is 9.10. The van der Waals surface area contributed by atoms with Gasteiger partial charge in [0.05, 0.1) is 17.0 Å². The van der Waals surface area contributed by atoms with Crippen LogP contribution in [0, 0.1) is 0 Å². The molecule has 0 fully saturated rings. The van der Waals surface area contributed by atoms with Gasteiger partial charge in [-0.25, -0.2) is 0 Å². The van der Waals surface area contributed by atoms with Gasteiger partial charge in [0.2, 0.25) is 12.7 Å². The van der Waals surface area contributed by atoms with Crippen molar-refractivity contribution < 1.29 is 18.7 Å². The molecule has 2 heterocycles. The normalized spacial score (nSPS) is 12.2. The lowest BCUT2D eigenvalue weighted by Gasteiger charge is -2.03. The Kier molecular flexibility index (Phi) is 4.52. The van der Waals surface area contributed by atoms with Gasteiger partial charge >= 0.3 is 6.01 Å².